The first kappa shape index (κ1) is 41.6. The molecule has 8 rings (SSSR count). The minimum Gasteiger partial charge on any atom is -0.382 e. The van der Waals surface area contributed by atoms with Gasteiger partial charge in [-0.05, 0) is 93.1 Å². The Morgan fingerprint density at radius 3 is 2.56 bits per heavy atom. The Kier molecular flexibility index (Phi) is 12.7. The zero-order chi connectivity index (χ0) is 42.5. The summed E-state index contributed by atoms with van der Waals surface area (Å²) in [6.45, 7) is 4.27. The predicted molar refractivity (Wildman–Crippen MR) is 223 cm³/mol. The molecule has 2 aliphatic heterocycles. The van der Waals surface area contributed by atoms with E-state index in [1.165, 1.54) is 17.7 Å². The van der Waals surface area contributed by atoms with Gasteiger partial charge in [-0.25, -0.2) is 9.07 Å². The summed E-state index contributed by atoms with van der Waals surface area (Å²) in [6.07, 6.45) is 6.93. The highest BCUT2D eigenvalue weighted by atomic mass is 19.1. The van der Waals surface area contributed by atoms with Crippen molar-refractivity contribution >= 4 is 46.0 Å². The second-order valence-corrected chi connectivity index (χ2v) is 15.8. The number of anilines is 1. The van der Waals surface area contributed by atoms with E-state index >= 15 is 0 Å². The lowest BCUT2D eigenvalue weighted by atomic mass is 9.99. The van der Waals surface area contributed by atoms with Crippen LogP contribution in [0.4, 0.5) is 10.1 Å². The molecular formula is C45H49FN8O7. The van der Waals surface area contributed by atoms with Gasteiger partial charge in [0.2, 0.25) is 11.8 Å². The fraction of sp³-hybridized carbons (Fsp3) is 0.400. The number of ether oxygens (including phenoxy) is 2. The van der Waals surface area contributed by atoms with Gasteiger partial charge in [-0.2, -0.15) is 0 Å². The molecule has 0 saturated carbocycles. The van der Waals surface area contributed by atoms with Gasteiger partial charge in [0.25, 0.3) is 11.8 Å². The Bertz CT molecular complexity index is 2460. The zero-order valence-corrected chi connectivity index (χ0v) is 34.1. The Morgan fingerprint density at radius 1 is 0.918 bits per heavy atom. The fourth-order valence-electron chi connectivity index (χ4n) is 8.46. The van der Waals surface area contributed by atoms with Gasteiger partial charge >= 0.3 is 0 Å². The number of carbonyl (C=O) groups excluding carboxylic acids is 5. The van der Waals surface area contributed by atoms with Crippen LogP contribution in [-0.2, 0) is 45.0 Å². The van der Waals surface area contributed by atoms with Crippen molar-refractivity contribution in [2.24, 2.45) is 0 Å². The van der Waals surface area contributed by atoms with Crippen molar-refractivity contribution in [1.29, 1.82) is 0 Å². The second kappa shape index (κ2) is 18.7. The first-order valence-electron chi connectivity index (χ1n) is 20.9. The Balaban J connectivity index is 0.690. The van der Waals surface area contributed by atoms with Gasteiger partial charge in [-0.15, -0.1) is 5.10 Å². The maximum atomic E-state index is 14.3. The minimum absolute atomic E-state index is 0.00482. The van der Waals surface area contributed by atoms with Gasteiger partial charge in [-0.1, -0.05) is 35.5 Å². The van der Waals surface area contributed by atoms with Gasteiger partial charge in [0.15, 0.2) is 5.78 Å². The molecule has 1 atom stereocenters. The number of carbonyl (C=O) groups is 5. The molecule has 4 amide bonds. The van der Waals surface area contributed by atoms with E-state index in [1.807, 2.05) is 6.20 Å². The third kappa shape index (κ3) is 9.31. The highest BCUT2D eigenvalue weighted by molar-refractivity contribution is 6.25. The molecule has 1 saturated heterocycles. The van der Waals surface area contributed by atoms with Crippen molar-refractivity contribution in [1.82, 2.24) is 35.1 Å². The number of nitrogens with zero attached hydrogens (tertiary/aromatic N) is 5. The number of piperidine rings is 1. The molecule has 3 aliphatic rings. The van der Waals surface area contributed by atoms with Crippen LogP contribution in [0.25, 0.3) is 22.2 Å². The van der Waals surface area contributed by atoms with Gasteiger partial charge < -0.3 is 24.7 Å². The summed E-state index contributed by atoms with van der Waals surface area (Å²) >= 11 is 0. The molecule has 4 heterocycles. The molecule has 15 nitrogen and oxygen atoms in total. The quantitative estimate of drug-likeness (QED) is 0.0746. The van der Waals surface area contributed by atoms with E-state index in [-0.39, 0.29) is 29.8 Å². The van der Waals surface area contributed by atoms with Crippen molar-refractivity contribution < 1.29 is 37.8 Å². The summed E-state index contributed by atoms with van der Waals surface area (Å²) in [4.78, 5) is 69.5. The molecule has 5 aromatic rings. The summed E-state index contributed by atoms with van der Waals surface area (Å²) in [6, 6.07) is 15.3. The van der Waals surface area contributed by atoms with Crippen LogP contribution in [0.2, 0.25) is 0 Å². The average molecular weight is 833 g/mol. The van der Waals surface area contributed by atoms with Gasteiger partial charge in [0.05, 0.1) is 49.8 Å². The number of fused-ring (bicyclic) bond motifs is 1. The fourth-order valence-corrected chi connectivity index (χ4v) is 8.46. The first-order valence-corrected chi connectivity index (χ1v) is 20.9. The highest BCUT2D eigenvalue weighted by Gasteiger charge is 2.45. The van der Waals surface area contributed by atoms with E-state index in [4.69, 9.17) is 9.47 Å². The number of halogens is 1. The standard InChI is InChI=1S/C45H49FN8O7/c1-52(26-28-11-13-29(14-12-28)42-32-7-5-10-38(55)34-24-30(46)25-36(48-42)40(32)34)18-3-2-6-31-27-53(51-50-31)19-21-61-23-22-60-20-17-47-35-9-4-8-33-41(35)45(59)54(44(33)58)37-15-16-39(56)49-43(37)57/h4,8-9,11-14,24-25,27,37,47-48H,2-3,5-7,10,15-23,26H2,1H3,(H,49,56,57). The number of benzene rings is 3. The predicted octanol–water partition coefficient (Wildman–Crippen LogP) is 5.09. The second-order valence-electron chi connectivity index (χ2n) is 15.8. The lowest BCUT2D eigenvalue weighted by molar-refractivity contribution is -0.136. The molecule has 16 heteroatoms. The van der Waals surface area contributed by atoms with E-state index < -0.39 is 35.5 Å². The van der Waals surface area contributed by atoms with Crippen LogP contribution in [0.3, 0.4) is 0 Å². The Hall–Kier alpha value is -6.10. The number of aryl methyl sites for hydroxylation is 2. The molecular weight excluding hydrogens is 784 g/mol. The largest absolute Gasteiger partial charge is 0.382 e. The van der Waals surface area contributed by atoms with E-state index in [9.17, 15) is 28.4 Å². The van der Waals surface area contributed by atoms with Crippen LogP contribution >= 0.6 is 0 Å². The minimum atomic E-state index is -1.02. The third-order valence-electron chi connectivity index (χ3n) is 11.5. The monoisotopic (exact) mass is 832 g/mol. The van der Waals surface area contributed by atoms with E-state index in [2.05, 4.69) is 62.1 Å². The smallest absolute Gasteiger partial charge is 0.264 e. The average Bonchev–Trinajstić information content (AvgIpc) is 3.89. The molecule has 1 unspecified atom stereocenters. The zero-order valence-electron chi connectivity index (χ0n) is 34.1. The molecule has 1 aliphatic carbocycles. The van der Waals surface area contributed by atoms with Crippen LogP contribution < -0.4 is 10.6 Å². The number of unbranched alkanes of at least 4 members (excludes halogenated alkanes) is 1. The number of ketones is 1. The number of rotatable bonds is 19. The van der Waals surface area contributed by atoms with E-state index in [0.717, 1.165) is 78.0 Å². The van der Waals surface area contributed by atoms with Gasteiger partial charge in [0.1, 0.15) is 11.9 Å². The SMILES string of the molecule is CN(CCCCc1cn(CCOCCOCCNc2cccc3c2C(=O)N(C2CCC(=O)NC2=O)C3=O)nn1)Cc1ccc(-c2[nH]c3cc(F)cc4c3c2CCCC4=O)cc1. The number of hydrogen-bond donors (Lipinski definition) is 3. The normalized spacial score (nSPS) is 16.5. The summed E-state index contributed by atoms with van der Waals surface area (Å²) in [5.41, 5.74) is 7.32. The van der Waals surface area contributed by atoms with Crippen LogP contribution in [0.1, 0.15) is 86.4 Å². The van der Waals surface area contributed by atoms with Crippen molar-refractivity contribution in [3.8, 4) is 11.3 Å². The topological polar surface area (TPSA) is 181 Å². The summed E-state index contributed by atoms with van der Waals surface area (Å²) in [5, 5.41) is 14.8. The Morgan fingerprint density at radius 2 is 1.74 bits per heavy atom. The molecule has 3 aromatic carbocycles. The van der Waals surface area contributed by atoms with Crippen molar-refractivity contribution in [3.05, 3.63) is 100 Å². The molecule has 0 spiro atoms. The summed E-state index contributed by atoms with van der Waals surface area (Å²) in [5.74, 6) is -2.56. The number of hydrogen-bond acceptors (Lipinski definition) is 11. The highest BCUT2D eigenvalue weighted by Crippen LogP contribution is 2.37. The number of H-pyrrole nitrogens is 1. The lowest BCUT2D eigenvalue weighted by Crippen LogP contribution is -2.54. The molecule has 318 valence electrons. The van der Waals surface area contributed by atoms with Gasteiger partial charge in [0, 0.05) is 60.0 Å². The van der Waals surface area contributed by atoms with Crippen LogP contribution in [0.15, 0.2) is 60.8 Å². The number of imide groups is 2. The number of Topliss-reactive ketones (excluding diaryl/α,β-unsaturated/α-hetero) is 1. The summed E-state index contributed by atoms with van der Waals surface area (Å²) in [7, 11) is 2.12. The molecule has 3 N–H and O–H groups in total. The Labute approximate surface area is 351 Å². The van der Waals surface area contributed by atoms with Gasteiger partial charge in [-0.3, -0.25) is 34.2 Å². The molecule has 0 radical (unpaired) electrons. The first-order chi connectivity index (χ1) is 29.6. The van der Waals surface area contributed by atoms with Crippen molar-refractivity contribution in [2.75, 3.05) is 51.9 Å². The number of aromatic nitrogens is 4. The van der Waals surface area contributed by atoms with Crippen LogP contribution in [0, 0.1) is 5.82 Å². The molecule has 2 aromatic heterocycles. The third-order valence-corrected chi connectivity index (χ3v) is 11.5. The van der Waals surface area contributed by atoms with Crippen LogP contribution in [-0.4, -0.2) is 112 Å². The maximum Gasteiger partial charge on any atom is 0.264 e. The number of nitrogens with one attached hydrogen (secondary N) is 3. The number of amides is 4. The van der Waals surface area contributed by atoms with Crippen molar-refractivity contribution in [3.63, 3.8) is 0 Å². The molecule has 1 fully saturated rings. The molecule has 61 heavy (non-hydrogen) atoms. The van der Waals surface area contributed by atoms with E-state index in [0.29, 0.717) is 62.7 Å². The van der Waals surface area contributed by atoms with Crippen LogP contribution in [0.5, 0.6) is 0 Å². The maximum absolute atomic E-state index is 14.3. The van der Waals surface area contributed by atoms with E-state index in [1.54, 1.807) is 22.9 Å². The number of aromatic amines is 1. The molecule has 0 bridgehead atoms. The summed E-state index contributed by atoms with van der Waals surface area (Å²) < 4.78 is 27.5. The van der Waals surface area contributed by atoms with Crippen molar-refractivity contribution in [2.45, 2.75) is 70.5 Å². The lowest BCUT2D eigenvalue weighted by Gasteiger charge is -2.27.